The van der Waals surface area contributed by atoms with Crippen LogP contribution < -0.4 is 15.9 Å². The second kappa shape index (κ2) is 5.26. The van der Waals surface area contributed by atoms with E-state index in [1.165, 1.54) is 11.3 Å². The molecule has 2 heterocycles. The minimum Gasteiger partial charge on any atom is -0.494 e. The molecule has 2 N–H and O–H groups in total. The first kappa shape index (κ1) is 13.7. The standard InChI is InChI=1S/C16H15NO3S/c1-3-19-11-6-4-10(5-7-11)13-14(18)15-12(20-16(13)17)8-9(2)21-15/h4-8H,3,17H2,1-2H3. The number of ether oxygens (including phenoxy) is 1. The van der Waals surface area contributed by atoms with E-state index in [9.17, 15) is 4.79 Å². The number of thiophene rings is 1. The molecular weight excluding hydrogens is 286 g/mol. The fourth-order valence-corrected chi connectivity index (χ4v) is 3.16. The monoisotopic (exact) mass is 301 g/mol. The molecule has 4 nitrogen and oxygen atoms in total. The van der Waals surface area contributed by atoms with Crippen molar-refractivity contribution in [2.45, 2.75) is 13.8 Å². The third-order valence-electron chi connectivity index (χ3n) is 3.17. The number of hydrogen-bond donors (Lipinski definition) is 1. The van der Waals surface area contributed by atoms with Crippen molar-refractivity contribution in [3.63, 3.8) is 0 Å². The smallest absolute Gasteiger partial charge is 0.212 e. The first-order chi connectivity index (χ1) is 10.1. The van der Waals surface area contributed by atoms with Crippen LogP contribution in [0.3, 0.4) is 0 Å². The van der Waals surface area contributed by atoms with Crippen molar-refractivity contribution in [3.05, 3.63) is 45.4 Å². The lowest BCUT2D eigenvalue weighted by Gasteiger charge is -2.06. The Labute approximate surface area is 125 Å². The van der Waals surface area contributed by atoms with Gasteiger partial charge >= 0.3 is 0 Å². The predicted octanol–water partition coefficient (Wildman–Crippen LogP) is 3.81. The maximum atomic E-state index is 12.6. The molecular formula is C16H15NO3S. The van der Waals surface area contributed by atoms with Gasteiger partial charge in [0, 0.05) is 4.88 Å². The van der Waals surface area contributed by atoms with Crippen LogP contribution in [-0.4, -0.2) is 6.61 Å². The molecule has 0 bridgehead atoms. The molecule has 0 spiro atoms. The number of rotatable bonds is 3. The minimum atomic E-state index is -0.0870. The zero-order chi connectivity index (χ0) is 15.0. The highest BCUT2D eigenvalue weighted by atomic mass is 32.1. The summed E-state index contributed by atoms with van der Waals surface area (Å²) in [6.45, 7) is 4.46. The van der Waals surface area contributed by atoms with E-state index in [1.54, 1.807) is 0 Å². The van der Waals surface area contributed by atoms with Gasteiger partial charge in [0.1, 0.15) is 10.4 Å². The van der Waals surface area contributed by atoms with Gasteiger partial charge in [-0.3, -0.25) is 4.79 Å². The molecule has 3 rings (SSSR count). The summed E-state index contributed by atoms with van der Waals surface area (Å²) in [5.74, 6) is 0.909. The summed E-state index contributed by atoms with van der Waals surface area (Å²) in [6, 6.07) is 9.11. The number of nitrogens with two attached hydrogens (primary N) is 1. The Morgan fingerprint density at radius 2 is 2.00 bits per heavy atom. The molecule has 108 valence electrons. The molecule has 0 saturated carbocycles. The highest BCUT2D eigenvalue weighted by Crippen LogP contribution is 2.31. The lowest BCUT2D eigenvalue weighted by Crippen LogP contribution is -2.07. The van der Waals surface area contributed by atoms with Gasteiger partial charge in [0.25, 0.3) is 0 Å². The Hall–Kier alpha value is -2.27. The van der Waals surface area contributed by atoms with Crippen LogP contribution >= 0.6 is 11.3 Å². The fraction of sp³-hybridized carbons (Fsp3) is 0.188. The number of fused-ring (bicyclic) bond motifs is 1. The molecule has 2 aromatic heterocycles. The normalized spacial score (nSPS) is 11.0. The largest absolute Gasteiger partial charge is 0.494 e. The van der Waals surface area contributed by atoms with E-state index >= 15 is 0 Å². The Morgan fingerprint density at radius 1 is 1.29 bits per heavy atom. The van der Waals surface area contributed by atoms with Crippen LogP contribution in [0.1, 0.15) is 11.8 Å². The molecule has 0 unspecified atom stereocenters. The summed E-state index contributed by atoms with van der Waals surface area (Å²) >= 11 is 1.42. The van der Waals surface area contributed by atoms with Gasteiger partial charge in [-0.1, -0.05) is 12.1 Å². The molecule has 3 aromatic rings. The van der Waals surface area contributed by atoms with Gasteiger partial charge in [0.2, 0.25) is 11.3 Å². The highest BCUT2D eigenvalue weighted by molar-refractivity contribution is 7.18. The van der Waals surface area contributed by atoms with Crippen LogP contribution in [0.5, 0.6) is 5.75 Å². The third kappa shape index (κ3) is 2.40. The van der Waals surface area contributed by atoms with Crippen molar-refractivity contribution < 1.29 is 9.15 Å². The average molecular weight is 301 g/mol. The van der Waals surface area contributed by atoms with Crippen molar-refractivity contribution in [3.8, 4) is 16.9 Å². The van der Waals surface area contributed by atoms with Gasteiger partial charge in [-0.15, -0.1) is 11.3 Å². The van der Waals surface area contributed by atoms with Crippen LogP contribution in [-0.2, 0) is 0 Å². The Balaban J connectivity index is 2.17. The zero-order valence-corrected chi connectivity index (χ0v) is 12.6. The molecule has 21 heavy (non-hydrogen) atoms. The van der Waals surface area contributed by atoms with Gasteiger partial charge in [-0.2, -0.15) is 0 Å². The minimum absolute atomic E-state index is 0.0870. The number of benzene rings is 1. The maximum Gasteiger partial charge on any atom is 0.212 e. The van der Waals surface area contributed by atoms with Gasteiger partial charge in [0.05, 0.1) is 12.2 Å². The summed E-state index contributed by atoms with van der Waals surface area (Å²) < 4.78 is 11.6. The predicted molar refractivity (Wildman–Crippen MR) is 86.1 cm³/mol. The van der Waals surface area contributed by atoms with E-state index in [0.29, 0.717) is 22.5 Å². The number of nitrogen functional groups attached to an aromatic ring is 1. The van der Waals surface area contributed by atoms with Crippen LogP contribution in [0.2, 0.25) is 0 Å². The molecule has 0 amide bonds. The molecule has 1 aromatic carbocycles. The summed E-state index contributed by atoms with van der Waals surface area (Å²) in [6.07, 6.45) is 0. The Bertz CT molecular complexity index is 846. The quantitative estimate of drug-likeness (QED) is 0.799. The number of hydrogen-bond acceptors (Lipinski definition) is 5. The number of anilines is 1. The topological polar surface area (TPSA) is 65.5 Å². The van der Waals surface area contributed by atoms with E-state index in [0.717, 1.165) is 16.2 Å². The Kier molecular flexibility index (Phi) is 3.43. The van der Waals surface area contributed by atoms with Gasteiger partial charge in [0.15, 0.2) is 5.58 Å². The summed E-state index contributed by atoms with van der Waals surface area (Å²) in [5.41, 5.74) is 7.54. The summed E-state index contributed by atoms with van der Waals surface area (Å²) in [7, 11) is 0. The van der Waals surface area contributed by atoms with Crippen LogP contribution in [0.25, 0.3) is 21.4 Å². The van der Waals surface area contributed by atoms with Crippen molar-refractivity contribution in [1.29, 1.82) is 0 Å². The van der Waals surface area contributed by atoms with E-state index in [4.69, 9.17) is 14.9 Å². The van der Waals surface area contributed by atoms with E-state index in [-0.39, 0.29) is 11.3 Å². The van der Waals surface area contributed by atoms with Crippen LogP contribution in [0, 0.1) is 6.92 Å². The average Bonchev–Trinajstić information content (AvgIpc) is 2.82. The molecule has 0 atom stereocenters. The lowest BCUT2D eigenvalue weighted by molar-refractivity contribution is 0.340. The summed E-state index contributed by atoms with van der Waals surface area (Å²) in [4.78, 5) is 13.6. The molecule has 0 saturated heterocycles. The Morgan fingerprint density at radius 3 is 2.67 bits per heavy atom. The lowest BCUT2D eigenvalue weighted by atomic mass is 10.1. The van der Waals surface area contributed by atoms with E-state index in [1.807, 2.05) is 44.2 Å². The van der Waals surface area contributed by atoms with E-state index in [2.05, 4.69) is 0 Å². The first-order valence-corrected chi connectivity index (χ1v) is 7.47. The maximum absolute atomic E-state index is 12.6. The summed E-state index contributed by atoms with van der Waals surface area (Å²) in [5, 5.41) is 0. The second-order valence-electron chi connectivity index (χ2n) is 4.68. The molecule has 0 aliphatic rings. The molecule has 0 aliphatic carbocycles. The van der Waals surface area contributed by atoms with Crippen molar-refractivity contribution in [1.82, 2.24) is 0 Å². The number of aryl methyl sites for hydroxylation is 1. The second-order valence-corrected chi connectivity index (χ2v) is 5.93. The van der Waals surface area contributed by atoms with Gasteiger partial charge in [-0.25, -0.2) is 0 Å². The van der Waals surface area contributed by atoms with Crippen molar-refractivity contribution >= 4 is 27.5 Å². The van der Waals surface area contributed by atoms with Crippen LogP contribution in [0.4, 0.5) is 5.88 Å². The van der Waals surface area contributed by atoms with Crippen LogP contribution in [0.15, 0.2) is 39.5 Å². The highest BCUT2D eigenvalue weighted by Gasteiger charge is 2.16. The van der Waals surface area contributed by atoms with Crippen molar-refractivity contribution in [2.24, 2.45) is 0 Å². The fourth-order valence-electron chi connectivity index (χ4n) is 2.28. The van der Waals surface area contributed by atoms with Gasteiger partial charge < -0.3 is 14.9 Å². The first-order valence-electron chi connectivity index (χ1n) is 6.66. The molecule has 5 heteroatoms. The molecule has 0 radical (unpaired) electrons. The zero-order valence-electron chi connectivity index (χ0n) is 11.8. The van der Waals surface area contributed by atoms with Crippen molar-refractivity contribution in [2.75, 3.05) is 12.3 Å². The molecule has 0 aliphatic heterocycles. The van der Waals surface area contributed by atoms with E-state index < -0.39 is 0 Å². The SMILES string of the molecule is CCOc1ccc(-c2c(N)oc3cc(C)sc3c2=O)cc1. The third-order valence-corrected chi connectivity index (χ3v) is 4.21. The molecule has 0 fully saturated rings. The van der Waals surface area contributed by atoms with Gasteiger partial charge in [-0.05, 0) is 37.6 Å².